The Morgan fingerprint density at radius 1 is 1.50 bits per heavy atom. The summed E-state index contributed by atoms with van der Waals surface area (Å²) in [5, 5.41) is 8.08. The van der Waals surface area contributed by atoms with Gasteiger partial charge in [-0.15, -0.1) is 5.10 Å². The van der Waals surface area contributed by atoms with E-state index in [1.807, 2.05) is 0 Å². The molecule has 1 saturated heterocycles. The molecule has 1 saturated carbocycles. The van der Waals surface area contributed by atoms with Crippen LogP contribution in [-0.2, 0) is 10.2 Å². The van der Waals surface area contributed by atoms with Crippen molar-refractivity contribution >= 4 is 23.1 Å². The zero-order valence-electron chi connectivity index (χ0n) is 13.6. The fourth-order valence-electron chi connectivity index (χ4n) is 3.63. The van der Waals surface area contributed by atoms with E-state index in [1.54, 1.807) is 10.7 Å². The van der Waals surface area contributed by atoms with Crippen molar-refractivity contribution < 1.29 is 9.13 Å². The molecule has 130 valence electrons. The van der Waals surface area contributed by atoms with Crippen LogP contribution in [0.1, 0.15) is 44.9 Å². The van der Waals surface area contributed by atoms with Gasteiger partial charge in [-0.1, -0.05) is 24.9 Å². The van der Waals surface area contributed by atoms with E-state index >= 15 is 0 Å². The lowest BCUT2D eigenvalue weighted by Crippen LogP contribution is -2.40. The quantitative estimate of drug-likeness (QED) is 0.914. The zero-order valence-corrected chi connectivity index (χ0v) is 14.4. The van der Waals surface area contributed by atoms with Gasteiger partial charge in [0.1, 0.15) is 17.5 Å². The van der Waals surface area contributed by atoms with E-state index in [1.165, 1.54) is 6.42 Å². The predicted octanol–water partition coefficient (Wildman–Crippen LogP) is 3.15. The molecule has 0 radical (unpaired) electrons. The number of alkyl halides is 1. The summed E-state index contributed by atoms with van der Waals surface area (Å²) in [6, 6.07) is -0.331. The molecule has 2 fully saturated rings. The summed E-state index contributed by atoms with van der Waals surface area (Å²) in [6.45, 7) is 2.83. The maximum absolute atomic E-state index is 14.0. The molecule has 2 atom stereocenters. The van der Waals surface area contributed by atoms with Crippen molar-refractivity contribution in [1.82, 2.24) is 19.6 Å². The van der Waals surface area contributed by atoms with E-state index in [0.717, 1.165) is 25.1 Å². The van der Waals surface area contributed by atoms with Gasteiger partial charge in [-0.25, -0.2) is 18.9 Å². The molecule has 1 aliphatic heterocycles. The van der Waals surface area contributed by atoms with Crippen LogP contribution in [0.4, 0.5) is 10.3 Å². The Hall–Kier alpha value is -1.47. The van der Waals surface area contributed by atoms with Crippen molar-refractivity contribution in [2.24, 2.45) is 0 Å². The third-order valence-electron chi connectivity index (χ3n) is 5.41. The minimum Gasteiger partial charge on any atom is -0.378 e. The number of nitrogens with zero attached hydrogens (tertiary/aromatic N) is 4. The number of halogens is 2. The van der Waals surface area contributed by atoms with Crippen LogP contribution in [0.2, 0.25) is 5.15 Å². The third kappa shape index (κ3) is 2.54. The number of ether oxygens (including phenoxy) is 1. The average Bonchev–Trinajstić information content (AvgIpc) is 2.86. The van der Waals surface area contributed by atoms with Crippen molar-refractivity contribution in [2.45, 2.75) is 56.7 Å². The Morgan fingerprint density at radius 2 is 2.33 bits per heavy atom. The molecule has 0 aromatic carbocycles. The smallest absolute Gasteiger partial charge is 0.241 e. The van der Waals surface area contributed by atoms with Crippen LogP contribution >= 0.6 is 11.6 Å². The summed E-state index contributed by atoms with van der Waals surface area (Å²) in [7, 11) is 0. The molecule has 24 heavy (non-hydrogen) atoms. The zero-order chi connectivity index (χ0) is 16.7. The topological polar surface area (TPSA) is 64.3 Å². The van der Waals surface area contributed by atoms with E-state index in [-0.39, 0.29) is 18.1 Å². The van der Waals surface area contributed by atoms with E-state index in [2.05, 4.69) is 27.3 Å². The summed E-state index contributed by atoms with van der Waals surface area (Å²) in [5.41, 5.74) is 0.740. The molecule has 8 heteroatoms. The van der Waals surface area contributed by atoms with Crippen molar-refractivity contribution in [3.05, 3.63) is 17.2 Å². The Bertz CT molecular complexity index is 742. The number of nitrogens with one attached hydrogen (secondary N) is 1. The molecule has 1 aliphatic carbocycles. The second-order valence-corrected chi connectivity index (χ2v) is 7.08. The third-order valence-corrected chi connectivity index (χ3v) is 5.69. The average molecular weight is 354 g/mol. The normalized spacial score (nSPS) is 26.3. The fraction of sp³-hybridized carbons (Fsp3) is 0.688. The number of fused-ring (bicyclic) bond motifs is 1. The van der Waals surface area contributed by atoms with Gasteiger partial charge in [0.25, 0.3) is 0 Å². The number of rotatable bonds is 4. The maximum Gasteiger partial charge on any atom is 0.241 e. The molecule has 0 bridgehead atoms. The molecule has 4 rings (SSSR count). The van der Waals surface area contributed by atoms with Gasteiger partial charge in [0.2, 0.25) is 5.95 Å². The highest BCUT2D eigenvalue weighted by Gasteiger charge is 2.41. The highest BCUT2D eigenvalue weighted by atomic mass is 35.5. The van der Waals surface area contributed by atoms with Crippen molar-refractivity contribution in [1.29, 1.82) is 0 Å². The number of imidazole rings is 1. The molecule has 0 unspecified atom stereocenters. The Labute approximate surface area is 144 Å². The highest BCUT2D eigenvalue weighted by molar-refractivity contribution is 6.32. The van der Waals surface area contributed by atoms with Crippen LogP contribution in [0.25, 0.3) is 5.52 Å². The van der Waals surface area contributed by atoms with Gasteiger partial charge in [0.05, 0.1) is 18.8 Å². The second kappa shape index (κ2) is 6.11. The lowest BCUT2D eigenvalue weighted by Gasteiger charge is -2.39. The van der Waals surface area contributed by atoms with Gasteiger partial charge in [0.15, 0.2) is 5.15 Å². The minimum atomic E-state index is -1.06. The van der Waals surface area contributed by atoms with Gasteiger partial charge < -0.3 is 10.1 Å². The molecular weight excluding hydrogens is 333 g/mol. The minimum absolute atomic E-state index is 0.0446. The van der Waals surface area contributed by atoms with E-state index in [0.29, 0.717) is 29.6 Å². The number of anilines is 1. The molecule has 1 N–H and O–H groups in total. The molecule has 2 aromatic heterocycles. The van der Waals surface area contributed by atoms with Crippen LogP contribution in [0.5, 0.6) is 0 Å². The summed E-state index contributed by atoms with van der Waals surface area (Å²) >= 11 is 6.28. The molecular formula is C16H21ClFN5O. The van der Waals surface area contributed by atoms with Crippen LogP contribution in [-0.4, -0.2) is 45.0 Å². The summed E-state index contributed by atoms with van der Waals surface area (Å²) < 4.78 is 20.9. The molecule has 0 amide bonds. The van der Waals surface area contributed by atoms with E-state index in [9.17, 15) is 4.39 Å². The van der Waals surface area contributed by atoms with E-state index in [4.69, 9.17) is 16.3 Å². The van der Waals surface area contributed by atoms with Gasteiger partial charge in [-0.2, -0.15) is 0 Å². The Balaban J connectivity index is 1.69. The van der Waals surface area contributed by atoms with Gasteiger partial charge in [0, 0.05) is 12.0 Å². The number of hydrogen-bond acceptors (Lipinski definition) is 5. The Kier molecular flexibility index (Phi) is 4.08. The largest absolute Gasteiger partial charge is 0.378 e. The summed E-state index contributed by atoms with van der Waals surface area (Å²) in [4.78, 5) is 8.85. The lowest BCUT2D eigenvalue weighted by atomic mass is 9.66. The van der Waals surface area contributed by atoms with E-state index < -0.39 is 6.17 Å². The fourth-order valence-corrected chi connectivity index (χ4v) is 3.84. The molecule has 2 aliphatic rings. The molecule has 6 nitrogen and oxygen atoms in total. The first-order valence-electron chi connectivity index (χ1n) is 8.53. The van der Waals surface area contributed by atoms with Crippen LogP contribution < -0.4 is 5.32 Å². The van der Waals surface area contributed by atoms with Crippen molar-refractivity contribution in [3.63, 3.8) is 0 Å². The first kappa shape index (κ1) is 16.0. The van der Waals surface area contributed by atoms with Crippen LogP contribution in [0.3, 0.4) is 0 Å². The highest BCUT2D eigenvalue weighted by Crippen LogP contribution is 2.46. The van der Waals surface area contributed by atoms with Gasteiger partial charge >= 0.3 is 0 Å². The van der Waals surface area contributed by atoms with Gasteiger partial charge in [-0.3, -0.25) is 0 Å². The maximum atomic E-state index is 14.0. The van der Waals surface area contributed by atoms with Crippen LogP contribution in [0.15, 0.2) is 6.20 Å². The second-order valence-electron chi connectivity index (χ2n) is 6.72. The van der Waals surface area contributed by atoms with Crippen molar-refractivity contribution in [3.8, 4) is 0 Å². The van der Waals surface area contributed by atoms with Crippen LogP contribution in [0, 0.1) is 0 Å². The Morgan fingerprint density at radius 3 is 3.00 bits per heavy atom. The number of aromatic nitrogens is 4. The van der Waals surface area contributed by atoms with Crippen molar-refractivity contribution in [2.75, 3.05) is 18.5 Å². The molecule has 3 heterocycles. The standard InChI is InChI=1S/C16H21ClFN5O/c1-2-16(5-3-6-16)14-21-13(17)12-8-19-15(22-23(12)14)20-11-4-7-24-9-10(11)18/h8,10-11H,2-7,9H2,1H3,(H,20,22)/t10-,11+/m1/s1. The SMILES string of the molecule is CCC1(c2nc(Cl)c3cnc(N[C@H]4CCOC[C@H]4F)nn23)CCC1. The summed E-state index contributed by atoms with van der Waals surface area (Å²) in [5.74, 6) is 1.29. The summed E-state index contributed by atoms with van der Waals surface area (Å²) in [6.07, 6.45) is 5.58. The molecule has 0 spiro atoms. The first-order chi connectivity index (χ1) is 11.6. The lowest BCUT2D eigenvalue weighted by molar-refractivity contribution is 0.0284. The van der Waals surface area contributed by atoms with Gasteiger partial charge in [-0.05, 0) is 25.7 Å². The molecule has 2 aromatic rings. The number of hydrogen-bond donors (Lipinski definition) is 1. The predicted molar refractivity (Wildman–Crippen MR) is 89.4 cm³/mol. The first-order valence-corrected chi connectivity index (χ1v) is 8.91. The monoisotopic (exact) mass is 353 g/mol.